The van der Waals surface area contributed by atoms with Crippen molar-refractivity contribution in [3.05, 3.63) is 0 Å². The van der Waals surface area contributed by atoms with Gasteiger partial charge in [-0.1, -0.05) is 0 Å². The molecule has 0 N–H and O–H groups in total. The molecule has 0 amide bonds. The van der Waals surface area contributed by atoms with Crippen LogP contribution in [0.2, 0.25) is 4.97 Å². The average Bonchev–Trinajstić information content (AvgIpc) is 1.56. The number of hydrogen-bond donors (Lipinski definition) is 0. The Morgan fingerprint density at radius 3 is 1.18 bits per heavy atom. The number of alkyl halides is 6. The molecular weight excluding hydrogens is 353 g/mol. The van der Waals surface area contributed by atoms with Crippen LogP contribution in [0.1, 0.15) is 0 Å². The van der Waals surface area contributed by atoms with Gasteiger partial charge in [0.05, 0.1) is 0 Å². The molecular formula is C3H3AsF6Te. The molecule has 11 heavy (non-hydrogen) atoms. The van der Waals surface area contributed by atoms with Crippen molar-refractivity contribution in [2.45, 2.75) is 14.9 Å². The Morgan fingerprint density at radius 1 is 0.909 bits per heavy atom. The predicted octanol–water partition coefficient (Wildman–Crippen LogP) is 1.93. The summed E-state index contributed by atoms with van der Waals surface area (Å²) in [5, 5.41) is 0. The van der Waals surface area contributed by atoms with E-state index in [-0.39, 0.29) is 0 Å². The van der Waals surface area contributed by atoms with Crippen LogP contribution in [0.15, 0.2) is 0 Å². The molecule has 0 bridgehead atoms. The molecule has 0 radical (unpaired) electrons. The van der Waals surface area contributed by atoms with Crippen LogP contribution >= 0.6 is 0 Å². The van der Waals surface area contributed by atoms with Crippen LogP contribution in [0.3, 0.4) is 0 Å². The van der Waals surface area contributed by atoms with Crippen molar-refractivity contribution in [1.29, 1.82) is 0 Å². The zero-order valence-electron chi connectivity index (χ0n) is 5.12. The molecule has 0 aromatic carbocycles. The second-order valence-electron chi connectivity index (χ2n) is 1.41. The molecule has 0 atom stereocenters. The first-order valence-corrected chi connectivity index (χ1v) is 12.6. The molecule has 0 nitrogen and oxygen atoms in total. The third-order valence-corrected chi connectivity index (χ3v) is 14.9. The van der Waals surface area contributed by atoms with E-state index in [1.54, 1.807) is 0 Å². The second kappa shape index (κ2) is 3.76. The minimum absolute atomic E-state index is 1.05. The van der Waals surface area contributed by atoms with Crippen LogP contribution in [0, 0.1) is 0 Å². The van der Waals surface area contributed by atoms with Crippen LogP contribution in [0.4, 0.5) is 26.3 Å². The number of halogens is 6. The Bertz CT molecular complexity index is 113. The fourth-order valence-corrected chi connectivity index (χ4v) is 7.96. The SMILES string of the molecule is C[Te][As](C(F)(F)F)C(F)(F)F. The van der Waals surface area contributed by atoms with E-state index in [0.29, 0.717) is 0 Å². The zero-order valence-corrected chi connectivity index (χ0v) is 9.33. The average molecular weight is 356 g/mol. The summed E-state index contributed by atoms with van der Waals surface area (Å²) in [5.74, 6) is 0. The number of rotatable bonds is 1. The first-order chi connectivity index (χ1) is 4.69. The van der Waals surface area contributed by atoms with Crippen molar-refractivity contribution >= 4 is 29.8 Å². The van der Waals surface area contributed by atoms with Crippen molar-refractivity contribution in [2.24, 2.45) is 0 Å². The summed E-state index contributed by atoms with van der Waals surface area (Å²) in [7, 11) is 0. The van der Waals surface area contributed by atoms with Gasteiger partial charge in [-0.15, -0.1) is 0 Å². The maximum absolute atomic E-state index is 11.6. The maximum atomic E-state index is 11.6. The summed E-state index contributed by atoms with van der Waals surface area (Å²) < 4.78 is 69.6. The zero-order chi connectivity index (χ0) is 9.28. The third-order valence-electron chi connectivity index (χ3n) is 0.643. The van der Waals surface area contributed by atoms with E-state index in [1.165, 1.54) is 0 Å². The second-order valence-corrected chi connectivity index (χ2v) is 16.4. The Morgan fingerprint density at radius 2 is 1.18 bits per heavy atom. The molecule has 0 spiro atoms. The van der Waals surface area contributed by atoms with Gasteiger partial charge in [0, 0.05) is 0 Å². The van der Waals surface area contributed by atoms with Crippen LogP contribution < -0.4 is 0 Å². The quantitative estimate of drug-likeness (QED) is 0.498. The van der Waals surface area contributed by atoms with Gasteiger partial charge >= 0.3 is 71.1 Å². The molecule has 0 saturated carbocycles. The predicted molar refractivity (Wildman–Crippen MR) is 29.5 cm³/mol. The van der Waals surface area contributed by atoms with Crippen LogP contribution in [0.5, 0.6) is 0 Å². The van der Waals surface area contributed by atoms with Gasteiger partial charge in [0.15, 0.2) is 0 Å². The molecule has 8 heteroatoms. The molecule has 0 unspecified atom stereocenters. The van der Waals surface area contributed by atoms with Crippen molar-refractivity contribution in [1.82, 2.24) is 0 Å². The van der Waals surface area contributed by atoms with Gasteiger partial charge in [0.1, 0.15) is 0 Å². The summed E-state index contributed by atoms with van der Waals surface area (Å²) in [6.45, 7) is 0. The van der Waals surface area contributed by atoms with E-state index in [0.717, 1.165) is 4.97 Å². The molecule has 0 aliphatic carbocycles. The fourth-order valence-electron chi connectivity index (χ4n) is 0.351. The van der Waals surface area contributed by atoms with Gasteiger partial charge in [-0.2, -0.15) is 0 Å². The normalized spacial score (nSPS) is 14.2. The van der Waals surface area contributed by atoms with Gasteiger partial charge in [0.25, 0.3) is 0 Å². The fraction of sp³-hybridized carbons (Fsp3) is 1.00. The van der Waals surface area contributed by atoms with E-state index in [2.05, 4.69) is 0 Å². The first-order valence-electron chi connectivity index (χ1n) is 2.17. The molecule has 68 valence electrons. The first kappa shape index (κ1) is 11.9. The summed E-state index contributed by atoms with van der Waals surface area (Å²) in [6.07, 6.45) is 0. The number of hydrogen-bond acceptors (Lipinski definition) is 0. The Hall–Kier alpha value is 0.928. The molecule has 0 heterocycles. The van der Waals surface area contributed by atoms with E-state index in [1.807, 2.05) is 0 Å². The van der Waals surface area contributed by atoms with Gasteiger partial charge < -0.3 is 0 Å². The Labute approximate surface area is 71.1 Å². The molecule has 0 fully saturated rings. The Balaban J connectivity index is 4.43. The Kier molecular flexibility index (Phi) is 4.08. The molecule has 0 aliphatic heterocycles. The van der Waals surface area contributed by atoms with E-state index >= 15 is 0 Å². The monoisotopic (exact) mass is 358 g/mol. The summed E-state index contributed by atoms with van der Waals surface area (Å²) in [4.78, 5) is -8.89. The van der Waals surface area contributed by atoms with Crippen LogP contribution in [-0.4, -0.2) is 39.8 Å². The van der Waals surface area contributed by atoms with Gasteiger partial charge in [0.2, 0.25) is 0 Å². The molecule has 0 aromatic rings. The van der Waals surface area contributed by atoms with Gasteiger partial charge in [-0.05, 0) is 0 Å². The van der Waals surface area contributed by atoms with E-state index < -0.39 is 39.8 Å². The van der Waals surface area contributed by atoms with Gasteiger partial charge in [-0.25, -0.2) is 0 Å². The van der Waals surface area contributed by atoms with Crippen LogP contribution in [-0.2, 0) is 0 Å². The summed E-state index contributed by atoms with van der Waals surface area (Å²) in [6, 6.07) is 0. The van der Waals surface area contributed by atoms with E-state index in [4.69, 9.17) is 0 Å². The minimum atomic E-state index is -4.97. The molecule has 0 aliphatic rings. The van der Waals surface area contributed by atoms with Crippen molar-refractivity contribution < 1.29 is 26.3 Å². The summed E-state index contributed by atoms with van der Waals surface area (Å²) in [5.41, 5.74) is 0. The topological polar surface area (TPSA) is 0 Å². The molecule has 0 saturated heterocycles. The summed E-state index contributed by atoms with van der Waals surface area (Å²) >= 11 is -6.44. The third kappa shape index (κ3) is 3.91. The van der Waals surface area contributed by atoms with Crippen molar-refractivity contribution in [2.75, 3.05) is 0 Å². The molecule has 0 aromatic heterocycles. The van der Waals surface area contributed by atoms with Crippen molar-refractivity contribution in [3.63, 3.8) is 0 Å². The van der Waals surface area contributed by atoms with Crippen LogP contribution in [0.25, 0.3) is 0 Å². The van der Waals surface area contributed by atoms with E-state index in [9.17, 15) is 26.3 Å². The molecule has 0 rings (SSSR count). The van der Waals surface area contributed by atoms with Crippen molar-refractivity contribution in [3.8, 4) is 0 Å². The standard InChI is InChI=1S/C3H3AsF6Te/c1-11-4(2(5,6)7)3(8,9)10/h1H3. The van der Waals surface area contributed by atoms with Gasteiger partial charge in [-0.3, -0.25) is 0 Å².